The topological polar surface area (TPSA) is 102 Å². The van der Waals surface area contributed by atoms with Gasteiger partial charge in [0.15, 0.2) is 11.0 Å². The number of rotatable bonds is 7. The van der Waals surface area contributed by atoms with Gasteiger partial charge in [-0.1, -0.05) is 42.1 Å². The molecule has 28 heavy (non-hydrogen) atoms. The number of benzene rings is 1. The van der Waals surface area contributed by atoms with Crippen LogP contribution in [0.15, 0.2) is 52.2 Å². The van der Waals surface area contributed by atoms with Gasteiger partial charge in [-0.05, 0) is 25.5 Å². The molecule has 0 radical (unpaired) electrons. The first-order valence-electron chi connectivity index (χ1n) is 8.80. The van der Waals surface area contributed by atoms with E-state index < -0.39 is 11.9 Å². The predicted octanol–water partition coefficient (Wildman–Crippen LogP) is 2.83. The van der Waals surface area contributed by atoms with Crippen LogP contribution >= 0.6 is 11.8 Å². The largest absolute Gasteiger partial charge is 0.469 e. The molecule has 2 N–H and O–H groups in total. The van der Waals surface area contributed by atoms with E-state index in [1.807, 2.05) is 47.9 Å². The van der Waals surface area contributed by atoms with Gasteiger partial charge in [0, 0.05) is 6.54 Å². The highest BCUT2D eigenvalue weighted by Crippen LogP contribution is 2.27. The Hall–Kier alpha value is -3.07. The van der Waals surface area contributed by atoms with Gasteiger partial charge in [-0.25, -0.2) is 4.79 Å². The number of amides is 3. The SMILES string of the molecule is CCNC(=O)NC(=O)CSc1nnc(-c2ccoc2C)n1Cc1ccccc1. The van der Waals surface area contributed by atoms with Crippen molar-refractivity contribution >= 4 is 23.7 Å². The van der Waals surface area contributed by atoms with Gasteiger partial charge < -0.3 is 9.73 Å². The van der Waals surface area contributed by atoms with Crippen LogP contribution in [0, 0.1) is 6.92 Å². The minimum Gasteiger partial charge on any atom is -0.469 e. The van der Waals surface area contributed by atoms with Crippen molar-refractivity contribution in [2.75, 3.05) is 12.3 Å². The van der Waals surface area contributed by atoms with Gasteiger partial charge in [-0.3, -0.25) is 14.7 Å². The number of aromatic nitrogens is 3. The Kier molecular flexibility index (Phi) is 6.49. The number of thioether (sulfide) groups is 1. The van der Waals surface area contributed by atoms with Crippen LogP contribution in [0.25, 0.3) is 11.4 Å². The van der Waals surface area contributed by atoms with Crippen molar-refractivity contribution in [3.63, 3.8) is 0 Å². The van der Waals surface area contributed by atoms with E-state index in [1.54, 1.807) is 13.2 Å². The van der Waals surface area contributed by atoms with E-state index >= 15 is 0 Å². The molecule has 2 aromatic heterocycles. The van der Waals surface area contributed by atoms with Crippen LogP contribution < -0.4 is 10.6 Å². The molecule has 0 fully saturated rings. The molecule has 1 aromatic carbocycles. The molecule has 0 saturated heterocycles. The molecule has 146 valence electrons. The first kappa shape index (κ1) is 19.7. The quantitative estimate of drug-likeness (QED) is 0.593. The zero-order chi connectivity index (χ0) is 19.9. The summed E-state index contributed by atoms with van der Waals surface area (Å²) in [6, 6.07) is 11.3. The van der Waals surface area contributed by atoms with Crippen LogP contribution in [0.5, 0.6) is 0 Å². The Morgan fingerprint density at radius 2 is 1.96 bits per heavy atom. The van der Waals surface area contributed by atoms with Gasteiger partial charge >= 0.3 is 6.03 Å². The Morgan fingerprint density at radius 3 is 2.64 bits per heavy atom. The summed E-state index contributed by atoms with van der Waals surface area (Å²) in [6.07, 6.45) is 1.61. The molecule has 0 spiro atoms. The summed E-state index contributed by atoms with van der Waals surface area (Å²) in [7, 11) is 0. The van der Waals surface area contributed by atoms with Gasteiger partial charge in [0.2, 0.25) is 5.91 Å². The Balaban J connectivity index is 1.80. The maximum atomic E-state index is 12.0. The number of carbonyl (C=O) groups is 2. The van der Waals surface area contributed by atoms with Crippen molar-refractivity contribution in [1.82, 2.24) is 25.4 Å². The molecule has 9 heteroatoms. The van der Waals surface area contributed by atoms with Gasteiger partial charge in [-0.15, -0.1) is 10.2 Å². The molecule has 2 heterocycles. The minimum atomic E-state index is -0.506. The average molecular weight is 399 g/mol. The van der Waals surface area contributed by atoms with Gasteiger partial charge in [0.05, 0.1) is 24.1 Å². The molecule has 8 nitrogen and oxygen atoms in total. The third kappa shape index (κ3) is 4.80. The molecule has 0 saturated carbocycles. The summed E-state index contributed by atoms with van der Waals surface area (Å²) in [4.78, 5) is 23.5. The molecular weight excluding hydrogens is 378 g/mol. The molecule has 0 aliphatic rings. The van der Waals surface area contributed by atoms with Crippen LogP contribution in [-0.2, 0) is 11.3 Å². The fourth-order valence-electron chi connectivity index (χ4n) is 2.62. The number of hydrogen-bond donors (Lipinski definition) is 2. The first-order chi connectivity index (χ1) is 13.6. The summed E-state index contributed by atoms with van der Waals surface area (Å²) in [5.74, 6) is 1.06. The van der Waals surface area contributed by atoms with Crippen molar-refractivity contribution in [3.8, 4) is 11.4 Å². The molecule has 0 bridgehead atoms. The molecule has 3 aromatic rings. The van der Waals surface area contributed by atoms with Crippen molar-refractivity contribution in [3.05, 3.63) is 54.0 Å². The third-order valence-electron chi connectivity index (χ3n) is 3.92. The highest BCUT2D eigenvalue weighted by molar-refractivity contribution is 7.99. The standard InChI is InChI=1S/C19H21N5O3S/c1-3-20-18(26)21-16(25)12-28-19-23-22-17(15-9-10-27-13(15)2)24(19)11-14-7-5-4-6-8-14/h4-10H,3,11-12H2,1-2H3,(H2,20,21,25,26). The second-order valence-electron chi connectivity index (χ2n) is 5.96. The van der Waals surface area contributed by atoms with Crippen LogP contribution in [-0.4, -0.2) is 39.0 Å². The predicted molar refractivity (Wildman–Crippen MR) is 106 cm³/mol. The number of nitrogens with zero attached hydrogens (tertiary/aromatic N) is 3. The van der Waals surface area contributed by atoms with E-state index in [0.29, 0.717) is 24.1 Å². The third-order valence-corrected chi connectivity index (χ3v) is 4.89. The van der Waals surface area contributed by atoms with Gasteiger partial charge in [0.1, 0.15) is 5.76 Å². The second-order valence-corrected chi connectivity index (χ2v) is 6.91. The zero-order valence-electron chi connectivity index (χ0n) is 15.6. The van der Waals surface area contributed by atoms with Crippen molar-refractivity contribution in [1.29, 1.82) is 0 Å². The Bertz CT molecular complexity index is 952. The maximum Gasteiger partial charge on any atom is 0.321 e. The molecule has 0 atom stereocenters. The second kappa shape index (κ2) is 9.23. The fraction of sp³-hybridized carbons (Fsp3) is 0.263. The average Bonchev–Trinajstić information content (AvgIpc) is 3.27. The van der Waals surface area contributed by atoms with Crippen molar-refractivity contribution in [2.45, 2.75) is 25.5 Å². The summed E-state index contributed by atoms with van der Waals surface area (Å²) in [6.45, 7) is 4.65. The van der Waals surface area contributed by atoms with Crippen LogP contribution in [0.4, 0.5) is 4.79 Å². The Morgan fingerprint density at radius 1 is 1.18 bits per heavy atom. The minimum absolute atomic E-state index is 0.0500. The highest BCUT2D eigenvalue weighted by Gasteiger charge is 2.19. The lowest BCUT2D eigenvalue weighted by Gasteiger charge is -2.10. The van der Waals surface area contributed by atoms with Gasteiger partial charge in [-0.2, -0.15) is 0 Å². The molecule has 3 amide bonds. The van der Waals surface area contributed by atoms with E-state index in [-0.39, 0.29) is 5.75 Å². The number of furan rings is 1. The van der Waals surface area contributed by atoms with E-state index in [4.69, 9.17) is 4.42 Å². The monoisotopic (exact) mass is 399 g/mol. The van der Waals surface area contributed by atoms with E-state index in [1.165, 1.54) is 11.8 Å². The number of nitrogens with one attached hydrogen (secondary N) is 2. The summed E-state index contributed by atoms with van der Waals surface area (Å²) >= 11 is 1.23. The first-order valence-corrected chi connectivity index (χ1v) is 9.79. The number of urea groups is 1. The van der Waals surface area contributed by atoms with Crippen molar-refractivity contribution < 1.29 is 14.0 Å². The lowest BCUT2D eigenvalue weighted by Crippen LogP contribution is -2.40. The van der Waals surface area contributed by atoms with Crippen molar-refractivity contribution in [2.24, 2.45) is 0 Å². The smallest absolute Gasteiger partial charge is 0.321 e. The summed E-state index contributed by atoms with van der Waals surface area (Å²) in [5.41, 5.74) is 1.93. The van der Waals surface area contributed by atoms with Gasteiger partial charge in [0.25, 0.3) is 0 Å². The number of aryl methyl sites for hydroxylation is 1. The maximum absolute atomic E-state index is 12.0. The summed E-state index contributed by atoms with van der Waals surface area (Å²) in [5, 5.41) is 13.9. The molecule has 0 aliphatic heterocycles. The van der Waals surface area contributed by atoms with Crippen LogP contribution in [0.2, 0.25) is 0 Å². The highest BCUT2D eigenvalue weighted by atomic mass is 32.2. The van der Waals surface area contributed by atoms with Crippen LogP contribution in [0.1, 0.15) is 18.2 Å². The van der Waals surface area contributed by atoms with E-state index in [2.05, 4.69) is 20.8 Å². The fourth-order valence-corrected chi connectivity index (χ4v) is 3.36. The molecular formula is C19H21N5O3S. The number of imide groups is 1. The molecule has 0 aliphatic carbocycles. The Labute approximate surface area is 166 Å². The molecule has 0 unspecified atom stereocenters. The lowest BCUT2D eigenvalue weighted by molar-refractivity contribution is -0.117. The molecule has 3 rings (SSSR count). The van der Waals surface area contributed by atoms with Crippen LogP contribution in [0.3, 0.4) is 0 Å². The lowest BCUT2D eigenvalue weighted by atomic mass is 10.2. The normalized spacial score (nSPS) is 10.6. The zero-order valence-corrected chi connectivity index (χ0v) is 16.5. The number of hydrogen-bond acceptors (Lipinski definition) is 6. The van der Waals surface area contributed by atoms with E-state index in [0.717, 1.165) is 16.9 Å². The number of carbonyl (C=O) groups excluding carboxylic acids is 2. The summed E-state index contributed by atoms with van der Waals surface area (Å²) < 4.78 is 7.34. The van der Waals surface area contributed by atoms with E-state index in [9.17, 15) is 9.59 Å².